The molecule has 11 nitrogen and oxygen atoms in total. The molecule has 0 aromatic carbocycles. The molecule has 37 heavy (non-hydrogen) atoms. The van der Waals surface area contributed by atoms with Gasteiger partial charge < -0.3 is 20.1 Å². The number of carbonyl (C=O) groups is 1. The molecular formula is C24H30F2N8O3. The summed E-state index contributed by atoms with van der Waals surface area (Å²) in [6, 6.07) is 3.42. The predicted octanol–water partition coefficient (Wildman–Crippen LogP) is 3.04. The minimum absolute atomic E-state index is 0.0392. The number of aromatic nitrogens is 5. The summed E-state index contributed by atoms with van der Waals surface area (Å²) in [7, 11) is 0. The standard InChI is InChI=1S/C24H30F2N8O3/c25-15-9-33(10-15)11-16-12-34-20(29-16)5-7-27-23(34)30-19-8-17(31-32-19)22-21(26)18(13-36-22)37-24(35)28-6-4-14-2-1-3-14/h5,7-8,12,14-15,18,21-22H,1-4,6,9-11,13H2,(H,28,35)(H2,27,30,31,32)/t18-,21+,22-/m1/s1. The third-order valence-electron chi connectivity index (χ3n) is 7.26. The van der Waals surface area contributed by atoms with Gasteiger partial charge in [-0.15, -0.1) is 0 Å². The summed E-state index contributed by atoms with van der Waals surface area (Å²) < 4.78 is 40.8. The third-order valence-corrected chi connectivity index (χ3v) is 7.26. The zero-order valence-electron chi connectivity index (χ0n) is 20.3. The van der Waals surface area contributed by atoms with E-state index in [1.807, 2.05) is 11.1 Å². The molecule has 2 aliphatic heterocycles. The second-order valence-corrected chi connectivity index (χ2v) is 10.0. The second-order valence-electron chi connectivity index (χ2n) is 10.0. The van der Waals surface area contributed by atoms with Gasteiger partial charge in [0.15, 0.2) is 18.1 Å². The fraction of sp³-hybridized carbons (Fsp3) is 0.583. The van der Waals surface area contributed by atoms with Crippen molar-refractivity contribution in [2.24, 2.45) is 5.92 Å². The number of amides is 1. The fourth-order valence-corrected chi connectivity index (χ4v) is 4.94. The Kier molecular flexibility index (Phi) is 6.63. The summed E-state index contributed by atoms with van der Waals surface area (Å²) >= 11 is 0. The zero-order valence-corrected chi connectivity index (χ0v) is 20.3. The number of rotatable bonds is 9. The number of anilines is 2. The molecule has 198 valence electrons. The number of hydrogen-bond donors (Lipinski definition) is 3. The molecule has 1 aliphatic carbocycles. The number of fused-ring (bicyclic) bond motifs is 1. The Bertz CT molecular complexity index is 1240. The highest BCUT2D eigenvalue weighted by molar-refractivity contribution is 5.67. The van der Waals surface area contributed by atoms with Crippen molar-refractivity contribution < 1.29 is 23.0 Å². The molecule has 13 heteroatoms. The van der Waals surface area contributed by atoms with E-state index in [-0.39, 0.29) is 6.61 Å². The molecule has 0 unspecified atom stereocenters. The number of aromatic amines is 1. The van der Waals surface area contributed by atoms with Crippen molar-refractivity contribution in [3.63, 3.8) is 0 Å². The van der Waals surface area contributed by atoms with Crippen LogP contribution in [0.2, 0.25) is 0 Å². The highest BCUT2D eigenvalue weighted by Gasteiger charge is 2.42. The predicted molar refractivity (Wildman–Crippen MR) is 129 cm³/mol. The molecule has 3 fully saturated rings. The highest BCUT2D eigenvalue weighted by atomic mass is 19.1. The van der Waals surface area contributed by atoms with Crippen LogP contribution >= 0.6 is 0 Å². The summed E-state index contributed by atoms with van der Waals surface area (Å²) in [6.07, 6.45) is 3.21. The quantitative estimate of drug-likeness (QED) is 0.397. The summed E-state index contributed by atoms with van der Waals surface area (Å²) in [5.41, 5.74) is 1.92. The monoisotopic (exact) mass is 516 g/mol. The Morgan fingerprint density at radius 2 is 2.16 bits per heavy atom. The van der Waals surface area contributed by atoms with Crippen molar-refractivity contribution in [2.45, 2.75) is 56.8 Å². The summed E-state index contributed by atoms with van der Waals surface area (Å²) in [5.74, 6) is 1.57. The Labute approximate surface area is 211 Å². The normalized spacial score (nSPS) is 24.6. The van der Waals surface area contributed by atoms with Gasteiger partial charge in [0.1, 0.15) is 17.9 Å². The largest absolute Gasteiger partial charge is 0.441 e. The number of H-pyrrole nitrogens is 1. The number of nitrogens with zero attached hydrogens (tertiary/aromatic N) is 5. The Morgan fingerprint density at radius 1 is 1.30 bits per heavy atom. The van der Waals surface area contributed by atoms with E-state index in [1.54, 1.807) is 22.7 Å². The van der Waals surface area contributed by atoms with Gasteiger partial charge in [-0.1, -0.05) is 19.3 Å². The van der Waals surface area contributed by atoms with Crippen LogP contribution in [0.15, 0.2) is 24.5 Å². The number of likely N-dealkylation sites (tertiary alicyclic amines) is 1. The van der Waals surface area contributed by atoms with E-state index in [0.717, 1.165) is 12.1 Å². The van der Waals surface area contributed by atoms with Crippen LogP contribution in [-0.4, -0.2) is 80.2 Å². The first-order valence-corrected chi connectivity index (χ1v) is 12.7. The second kappa shape index (κ2) is 10.2. The van der Waals surface area contributed by atoms with Gasteiger partial charge in [-0.25, -0.2) is 23.5 Å². The number of hydrogen-bond acceptors (Lipinski definition) is 8. The van der Waals surface area contributed by atoms with Crippen LogP contribution in [0.25, 0.3) is 5.65 Å². The van der Waals surface area contributed by atoms with E-state index in [1.165, 1.54) is 19.3 Å². The van der Waals surface area contributed by atoms with Crippen LogP contribution in [0.5, 0.6) is 0 Å². The maximum absolute atomic E-state index is 15.1. The number of alkyl carbamates (subject to hydrolysis) is 1. The molecule has 1 saturated carbocycles. The molecule has 0 bridgehead atoms. The zero-order chi connectivity index (χ0) is 25.4. The fourth-order valence-electron chi connectivity index (χ4n) is 4.94. The lowest BCUT2D eigenvalue weighted by Gasteiger charge is -2.33. The molecule has 2 saturated heterocycles. The molecule has 3 N–H and O–H groups in total. The van der Waals surface area contributed by atoms with Crippen molar-refractivity contribution in [3.05, 3.63) is 35.9 Å². The number of halogens is 2. The Morgan fingerprint density at radius 3 is 2.95 bits per heavy atom. The minimum atomic E-state index is -1.53. The lowest BCUT2D eigenvalue weighted by Crippen LogP contribution is -2.47. The number of carbonyl (C=O) groups excluding carboxylic acids is 1. The van der Waals surface area contributed by atoms with E-state index in [9.17, 15) is 9.18 Å². The van der Waals surface area contributed by atoms with Crippen LogP contribution in [-0.2, 0) is 16.0 Å². The van der Waals surface area contributed by atoms with E-state index in [0.29, 0.717) is 55.2 Å². The first-order valence-electron chi connectivity index (χ1n) is 12.7. The van der Waals surface area contributed by atoms with Crippen molar-refractivity contribution in [1.29, 1.82) is 0 Å². The molecule has 3 aromatic rings. The van der Waals surface area contributed by atoms with E-state index in [2.05, 4.69) is 30.8 Å². The van der Waals surface area contributed by atoms with E-state index in [4.69, 9.17) is 9.47 Å². The molecule has 1 amide bonds. The molecule has 6 rings (SSSR count). The van der Waals surface area contributed by atoms with Gasteiger partial charge in [-0.3, -0.25) is 14.4 Å². The molecule has 3 aromatic heterocycles. The summed E-state index contributed by atoms with van der Waals surface area (Å²) in [4.78, 5) is 23.0. The van der Waals surface area contributed by atoms with Crippen molar-refractivity contribution in [3.8, 4) is 0 Å². The van der Waals surface area contributed by atoms with Gasteiger partial charge in [0.05, 0.1) is 18.0 Å². The van der Waals surface area contributed by atoms with Crippen molar-refractivity contribution in [2.75, 3.05) is 31.6 Å². The Hall–Kier alpha value is -3.32. The molecule has 0 spiro atoms. The SMILES string of the molecule is O=C(NCCC1CCC1)O[C@@H]1CO[C@H](c2cc(Nc3nccc4nc(CN5CC(F)C5)cn34)n[nH]2)[C@H]1F. The van der Waals surface area contributed by atoms with Gasteiger partial charge in [0.2, 0.25) is 5.95 Å². The minimum Gasteiger partial charge on any atom is -0.441 e. The average Bonchev–Trinajstić information content (AvgIpc) is 3.54. The Balaban J connectivity index is 1.05. The van der Waals surface area contributed by atoms with Gasteiger partial charge >= 0.3 is 6.09 Å². The smallest absolute Gasteiger partial charge is 0.407 e. The molecule has 3 atom stereocenters. The first kappa shape index (κ1) is 24.0. The maximum Gasteiger partial charge on any atom is 0.407 e. The molecule has 5 heterocycles. The molecule has 0 radical (unpaired) electrons. The van der Waals surface area contributed by atoms with Crippen LogP contribution in [0.3, 0.4) is 0 Å². The highest BCUT2D eigenvalue weighted by Crippen LogP contribution is 2.34. The molecule has 3 aliphatic rings. The number of nitrogens with one attached hydrogen (secondary N) is 3. The topological polar surface area (TPSA) is 122 Å². The van der Waals surface area contributed by atoms with Crippen LogP contribution in [0, 0.1) is 5.92 Å². The third kappa shape index (κ3) is 5.23. The lowest BCUT2D eigenvalue weighted by atomic mass is 9.83. The van der Waals surface area contributed by atoms with Crippen LogP contribution in [0.4, 0.5) is 25.3 Å². The van der Waals surface area contributed by atoms with E-state index < -0.39 is 30.6 Å². The molecular weight excluding hydrogens is 486 g/mol. The summed E-state index contributed by atoms with van der Waals surface area (Å²) in [5, 5.41) is 12.8. The first-order chi connectivity index (χ1) is 18.0. The van der Waals surface area contributed by atoms with Gasteiger partial charge in [0, 0.05) is 44.6 Å². The lowest BCUT2D eigenvalue weighted by molar-refractivity contribution is 0.0582. The maximum atomic E-state index is 15.1. The van der Waals surface area contributed by atoms with Gasteiger partial charge in [-0.2, -0.15) is 5.10 Å². The van der Waals surface area contributed by atoms with Gasteiger partial charge in [0.25, 0.3) is 0 Å². The average molecular weight is 517 g/mol. The van der Waals surface area contributed by atoms with Crippen molar-refractivity contribution >= 4 is 23.5 Å². The van der Waals surface area contributed by atoms with E-state index >= 15 is 4.39 Å². The number of imidazole rings is 1. The van der Waals surface area contributed by atoms with Crippen LogP contribution < -0.4 is 10.6 Å². The number of alkyl halides is 2. The van der Waals surface area contributed by atoms with Crippen LogP contribution in [0.1, 0.15) is 43.2 Å². The van der Waals surface area contributed by atoms with Gasteiger partial charge in [-0.05, 0) is 18.4 Å². The summed E-state index contributed by atoms with van der Waals surface area (Å²) in [6.45, 7) is 1.89. The number of ether oxygens (including phenoxy) is 2. The van der Waals surface area contributed by atoms with Crippen molar-refractivity contribution in [1.82, 2.24) is 34.8 Å².